The van der Waals surface area contributed by atoms with Gasteiger partial charge in [0.05, 0.1) is 11.4 Å². The molecule has 3 atom stereocenters. The third-order valence-corrected chi connectivity index (χ3v) is 7.21. The molecule has 1 aromatic rings. The molecule has 1 aromatic carbocycles. The van der Waals surface area contributed by atoms with Crippen LogP contribution in [-0.2, 0) is 19.1 Å². The number of carboxylic acids is 1. The van der Waals surface area contributed by atoms with Gasteiger partial charge in [-0.25, -0.2) is 9.28 Å². The van der Waals surface area contributed by atoms with Crippen LogP contribution < -0.4 is 0 Å². The molecule has 1 amide bonds. The monoisotopic (exact) mass is 414 g/mol. The van der Waals surface area contributed by atoms with Gasteiger partial charge in [0, 0.05) is 12.8 Å². The highest BCUT2D eigenvalue weighted by atomic mass is 32.2. The molecule has 1 heterocycles. The Morgan fingerprint density at radius 3 is 2.14 bits per heavy atom. The number of likely N-dealkylation sites (tertiary alicyclic amines) is 1. The maximum atomic E-state index is 12.8. The summed E-state index contributed by atoms with van der Waals surface area (Å²) in [7, 11) is -4.26. The number of carbonyl (C=O) groups is 2. The molecule has 0 spiro atoms. The summed E-state index contributed by atoms with van der Waals surface area (Å²) in [5, 5.41) is 20.2. The van der Waals surface area contributed by atoms with E-state index in [-0.39, 0.29) is 24.3 Å². The Hall–Kier alpha value is -1.97. The SMILES string of the molecule is CCC1(C(=O)O)C(OS(=O)(=O)c2ccc(C)cc2)CC[N+]1(C(=O)O)C(C)(C)C. The topological polar surface area (TPSA) is 118 Å². The third kappa shape index (κ3) is 3.11. The van der Waals surface area contributed by atoms with Crippen molar-refractivity contribution >= 4 is 22.2 Å². The zero-order chi connectivity index (χ0) is 21.5. The van der Waals surface area contributed by atoms with Crippen LogP contribution >= 0.6 is 0 Å². The molecule has 0 aromatic heterocycles. The van der Waals surface area contributed by atoms with Gasteiger partial charge in [0.15, 0.2) is 0 Å². The van der Waals surface area contributed by atoms with Crippen LogP contribution in [0.5, 0.6) is 0 Å². The highest BCUT2D eigenvalue weighted by Crippen LogP contribution is 2.48. The smallest absolute Gasteiger partial charge is 0.477 e. The maximum Gasteiger partial charge on any atom is 0.514 e. The molecule has 0 saturated carbocycles. The molecule has 2 rings (SSSR count). The van der Waals surface area contributed by atoms with Crippen LogP contribution in [0.15, 0.2) is 29.2 Å². The fourth-order valence-electron chi connectivity index (χ4n) is 4.47. The van der Waals surface area contributed by atoms with Gasteiger partial charge in [-0.15, -0.1) is 0 Å². The van der Waals surface area contributed by atoms with E-state index in [1.54, 1.807) is 39.8 Å². The third-order valence-electron chi connectivity index (χ3n) is 5.87. The zero-order valence-corrected chi connectivity index (χ0v) is 17.6. The van der Waals surface area contributed by atoms with Crippen molar-refractivity contribution in [1.29, 1.82) is 0 Å². The van der Waals surface area contributed by atoms with E-state index in [0.717, 1.165) is 5.56 Å². The number of aryl methyl sites for hydroxylation is 1. The first kappa shape index (κ1) is 22.3. The summed E-state index contributed by atoms with van der Waals surface area (Å²) in [5.74, 6) is -1.38. The molecule has 156 valence electrons. The van der Waals surface area contributed by atoms with Gasteiger partial charge in [-0.2, -0.15) is 13.2 Å². The van der Waals surface area contributed by atoms with E-state index >= 15 is 0 Å². The summed E-state index contributed by atoms with van der Waals surface area (Å²) in [6.07, 6.45) is -2.72. The number of carboxylic acid groups (broad SMARTS) is 2. The molecule has 2 N–H and O–H groups in total. The van der Waals surface area contributed by atoms with E-state index in [1.807, 2.05) is 6.92 Å². The Bertz CT molecular complexity index is 873. The molecule has 28 heavy (non-hydrogen) atoms. The van der Waals surface area contributed by atoms with Gasteiger partial charge in [-0.1, -0.05) is 24.6 Å². The van der Waals surface area contributed by atoms with E-state index < -0.39 is 43.8 Å². The molecule has 0 bridgehead atoms. The Balaban J connectivity index is 2.60. The van der Waals surface area contributed by atoms with Gasteiger partial charge < -0.3 is 10.2 Å². The Morgan fingerprint density at radius 2 is 1.75 bits per heavy atom. The lowest BCUT2D eigenvalue weighted by Crippen LogP contribution is -2.76. The number of quaternary nitrogens is 1. The average Bonchev–Trinajstić information content (AvgIpc) is 2.90. The summed E-state index contributed by atoms with van der Waals surface area (Å²) in [5.41, 5.74) is -2.07. The van der Waals surface area contributed by atoms with Crippen molar-refractivity contribution in [2.24, 2.45) is 0 Å². The lowest BCUT2D eigenvalue weighted by molar-refractivity contribution is -0.932. The fourth-order valence-corrected chi connectivity index (χ4v) is 5.61. The molecule has 9 heteroatoms. The van der Waals surface area contributed by atoms with E-state index in [2.05, 4.69) is 0 Å². The van der Waals surface area contributed by atoms with Crippen molar-refractivity contribution in [3.8, 4) is 0 Å². The Kier molecular flexibility index (Phi) is 5.68. The van der Waals surface area contributed by atoms with Crippen molar-refractivity contribution in [3.63, 3.8) is 0 Å². The minimum atomic E-state index is -4.26. The van der Waals surface area contributed by atoms with Gasteiger partial charge in [0.25, 0.3) is 10.1 Å². The summed E-state index contributed by atoms with van der Waals surface area (Å²) in [6.45, 7) is 8.24. The number of rotatable bonds is 5. The molecular formula is C19H28NO7S+. The van der Waals surface area contributed by atoms with Crippen LogP contribution in [0.3, 0.4) is 0 Å². The maximum absolute atomic E-state index is 12.8. The number of hydrogen-bond donors (Lipinski definition) is 2. The lowest BCUT2D eigenvalue weighted by Gasteiger charge is -2.50. The Labute approximate surface area is 165 Å². The zero-order valence-electron chi connectivity index (χ0n) is 16.8. The van der Waals surface area contributed by atoms with Gasteiger partial charge in [0.1, 0.15) is 11.6 Å². The van der Waals surface area contributed by atoms with Crippen LogP contribution in [0.1, 0.15) is 46.1 Å². The summed E-state index contributed by atoms with van der Waals surface area (Å²) in [4.78, 5) is 24.7. The van der Waals surface area contributed by atoms with E-state index in [0.29, 0.717) is 0 Å². The van der Waals surface area contributed by atoms with Crippen LogP contribution in [0.4, 0.5) is 4.79 Å². The van der Waals surface area contributed by atoms with E-state index in [9.17, 15) is 28.2 Å². The number of benzene rings is 1. The molecule has 1 aliphatic rings. The van der Waals surface area contributed by atoms with Crippen molar-refractivity contribution in [2.75, 3.05) is 6.54 Å². The second-order valence-electron chi connectivity index (χ2n) is 8.21. The van der Waals surface area contributed by atoms with Gasteiger partial charge in [-0.05, 0) is 39.8 Å². The van der Waals surface area contributed by atoms with Gasteiger partial charge in [0.2, 0.25) is 5.54 Å². The first-order chi connectivity index (χ1) is 12.8. The highest BCUT2D eigenvalue weighted by molar-refractivity contribution is 7.86. The summed E-state index contributed by atoms with van der Waals surface area (Å²) in [6, 6.07) is 6.00. The van der Waals surface area contributed by atoms with Gasteiger partial charge >= 0.3 is 12.1 Å². The average molecular weight is 415 g/mol. The van der Waals surface area contributed by atoms with Crippen LogP contribution in [0.2, 0.25) is 0 Å². The second kappa shape index (κ2) is 7.13. The lowest BCUT2D eigenvalue weighted by atomic mass is 9.84. The molecule has 0 aliphatic carbocycles. The largest absolute Gasteiger partial charge is 0.514 e. The van der Waals surface area contributed by atoms with Gasteiger partial charge in [-0.3, -0.25) is 4.18 Å². The van der Waals surface area contributed by atoms with Crippen LogP contribution in [0.25, 0.3) is 0 Å². The molecule has 3 unspecified atom stereocenters. The normalized spacial score (nSPS) is 28.2. The second-order valence-corrected chi connectivity index (χ2v) is 9.78. The predicted octanol–water partition coefficient (Wildman–Crippen LogP) is 3.00. The standard InChI is InChI=1S/C19H27NO7S/c1-6-19(16(21)22)15(11-12-20(19,17(23)24)18(3,4)5)27-28(25,26)14-9-7-13(2)8-10-14/h7-10,15H,6,11-12H2,1-5H3,(H-,21,22,23,24)/p+1. The first-order valence-corrected chi connectivity index (χ1v) is 10.5. The minimum absolute atomic E-state index is 0.00516. The molecule has 0 radical (unpaired) electrons. The van der Waals surface area contributed by atoms with Crippen LogP contribution in [-0.4, -0.2) is 58.9 Å². The minimum Gasteiger partial charge on any atom is -0.477 e. The number of amides is 1. The summed E-state index contributed by atoms with van der Waals surface area (Å²) >= 11 is 0. The summed E-state index contributed by atoms with van der Waals surface area (Å²) < 4.78 is 30.2. The highest BCUT2D eigenvalue weighted by Gasteiger charge is 2.74. The number of aliphatic carboxylic acids is 1. The quantitative estimate of drug-likeness (QED) is 0.562. The van der Waals surface area contributed by atoms with Crippen LogP contribution in [0, 0.1) is 6.92 Å². The molecule has 1 aliphatic heterocycles. The van der Waals surface area contributed by atoms with Crippen molar-refractivity contribution in [1.82, 2.24) is 0 Å². The van der Waals surface area contributed by atoms with E-state index in [1.165, 1.54) is 12.1 Å². The van der Waals surface area contributed by atoms with Crippen molar-refractivity contribution in [3.05, 3.63) is 29.8 Å². The predicted molar refractivity (Wildman–Crippen MR) is 101 cm³/mol. The number of nitrogens with zero attached hydrogens (tertiary/aromatic N) is 1. The number of hydrogen-bond acceptors (Lipinski definition) is 5. The molecule has 1 saturated heterocycles. The first-order valence-electron chi connectivity index (χ1n) is 9.11. The van der Waals surface area contributed by atoms with E-state index in [4.69, 9.17) is 4.18 Å². The Morgan fingerprint density at radius 1 is 1.21 bits per heavy atom. The molecule has 1 fully saturated rings. The molecule has 8 nitrogen and oxygen atoms in total. The van der Waals surface area contributed by atoms with Crippen molar-refractivity contribution < 1.29 is 36.9 Å². The van der Waals surface area contributed by atoms with Crippen molar-refractivity contribution in [2.45, 2.75) is 69.5 Å². The fraction of sp³-hybridized carbons (Fsp3) is 0.579. The molecular weight excluding hydrogens is 386 g/mol.